The van der Waals surface area contributed by atoms with Crippen LogP contribution in [0.15, 0.2) is 85.2 Å². The van der Waals surface area contributed by atoms with E-state index in [9.17, 15) is 4.79 Å². The molecule has 0 saturated heterocycles. The van der Waals surface area contributed by atoms with Crippen LogP contribution in [0.4, 0.5) is 11.8 Å². The van der Waals surface area contributed by atoms with Crippen LogP contribution in [0, 0.1) is 0 Å². The lowest BCUT2D eigenvalue weighted by Gasteiger charge is -2.08. The summed E-state index contributed by atoms with van der Waals surface area (Å²) in [5, 5.41) is 10.8. The zero-order valence-electron chi connectivity index (χ0n) is 15.7. The van der Waals surface area contributed by atoms with Gasteiger partial charge in [-0.3, -0.25) is 0 Å². The Morgan fingerprint density at radius 3 is 2.40 bits per heavy atom. The second kappa shape index (κ2) is 7.51. The number of carbonyl (C=O) groups is 1. The second-order valence-corrected chi connectivity index (χ2v) is 6.50. The third-order valence-corrected chi connectivity index (χ3v) is 4.50. The van der Waals surface area contributed by atoms with Crippen LogP contribution in [-0.2, 0) is 0 Å². The monoisotopic (exact) mass is 394 g/mol. The van der Waals surface area contributed by atoms with Crippen molar-refractivity contribution >= 4 is 28.6 Å². The molecule has 2 N–H and O–H groups in total. The summed E-state index contributed by atoms with van der Waals surface area (Å²) in [4.78, 5) is 26.2. The number of anilines is 2. The first-order chi connectivity index (χ1) is 14.8. The number of aromatic nitrogens is 6. The van der Waals surface area contributed by atoms with Crippen LogP contribution in [0.2, 0.25) is 0 Å². The highest BCUT2D eigenvalue weighted by atomic mass is 16.2. The summed E-state index contributed by atoms with van der Waals surface area (Å²) < 4.78 is 1.43. The number of fused-ring (bicyclic) bond motifs is 1. The maximum absolute atomic E-state index is 12.5. The minimum absolute atomic E-state index is 0.121. The van der Waals surface area contributed by atoms with Gasteiger partial charge in [0, 0.05) is 23.1 Å². The molecule has 0 bridgehead atoms. The van der Waals surface area contributed by atoms with Crippen LogP contribution >= 0.6 is 0 Å². The number of nitrogens with one attached hydrogen (secondary N) is 2. The minimum Gasteiger partial charge on any atom is -0.307 e. The molecule has 0 radical (unpaired) electrons. The standard InChI is InChI=1S/C22H15N7O/c30-21(29-13-7-2-8-14-29)20-26-22(28-27-20)25-19-16-11-5-6-12-17(16)23-18(24-19)15-9-3-1-4-10-15/h1-14H,(H-,23,24,25,26,27,28,30)/p+1. The van der Waals surface area contributed by atoms with Crippen molar-refractivity contribution in [2.75, 3.05) is 5.32 Å². The van der Waals surface area contributed by atoms with Crippen LogP contribution < -0.4 is 9.88 Å². The molecule has 0 fully saturated rings. The van der Waals surface area contributed by atoms with Gasteiger partial charge >= 0.3 is 5.91 Å². The first-order valence-electron chi connectivity index (χ1n) is 9.30. The van der Waals surface area contributed by atoms with Crippen molar-refractivity contribution in [1.82, 2.24) is 25.1 Å². The molecule has 8 heteroatoms. The quantitative estimate of drug-likeness (QED) is 0.454. The van der Waals surface area contributed by atoms with Gasteiger partial charge in [-0.15, -0.1) is 9.67 Å². The van der Waals surface area contributed by atoms with E-state index in [4.69, 9.17) is 0 Å². The predicted molar refractivity (Wildman–Crippen MR) is 111 cm³/mol. The largest absolute Gasteiger partial charge is 0.461 e. The molecular formula is C22H16N7O+. The molecule has 0 saturated carbocycles. The van der Waals surface area contributed by atoms with E-state index in [2.05, 4.69) is 30.5 Å². The van der Waals surface area contributed by atoms with Crippen LogP contribution in [0.25, 0.3) is 22.3 Å². The molecule has 3 heterocycles. The first-order valence-corrected chi connectivity index (χ1v) is 9.30. The maximum Gasteiger partial charge on any atom is 0.461 e. The van der Waals surface area contributed by atoms with Crippen LogP contribution in [0.3, 0.4) is 0 Å². The van der Waals surface area contributed by atoms with Gasteiger partial charge in [-0.1, -0.05) is 48.5 Å². The van der Waals surface area contributed by atoms with Gasteiger partial charge in [-0.05, 0) is 12.1 Å². The number of benzene rings is 2. The normalized spacial score (nSPS) is 10.8. The number of rotatable bonds is 4. The smallest absolute Gasteiger partial charge is 0.307 e. The molecule has 8 nitrogen and oxygen atoms in total. The lowest BCUT2D eigenvalue weighted by Crippen LogP contribution is -2.42. The van der Waals surface area contributed by atoms with E-state index in [0.29, 0.717) is 11.6 Å². The molecule has 2 aromatic carbocycles. The predicted octanol–water partition coefficient (Wildman–Crippen LogP) is 3.13. The number of carbonyl (C=O) groups excluding carboxylic acids is 1. The molecule has 3 aromatic heterocycles. The molecule has 0 aliphatic rings. The van der Waals surface area contributed by atoms with Gasteiger partial charge in [0.15, 0.2) is 18.2 Å². The Labute approximate surface area is 171 Å². The molecule has 0 atom stereocenters. The lowest BCUT2D eigenvalue weighted by atomic mass is 10.2. The van der Waals surface area contributed by atoms with Gasteiger partial charge in [0.05, 0.1) is 5.52 Å². The van der Waals surface area contributed by atoms with E-state index in [0.717, 1.165) is 16.5 Å². The number of hydrogen-bond acceptors (Lipinski definition) is 6. The van der Waals surface area contributed by atoms with Crippen LogP contribution in [0.5, 0.6) is 0 Å². The summed E-state index contributed by atoms with van der Waals surface area (Å²) in [5.74, 6) is 1.20. The summed E-state index contributed by atoms with van der Waals surface area (Å²) in [6.07, 6.45) is 3.31. The molecule has 144 valence electrons. The Morgan fingerprint density at radius 1 is 0.833 bits per heavy atom. The van der Waals surface area contributed by atoms with E-state index in [1.165, 1.54) is 4.57 Å². The van der Waals surface area contributed by atoms with Crippen molar-refractivity contribution in [2.24, 2.45) is 0 Å². The third kappa shape index (κ3) is 3.37. The van der Waals surface area contributed by atoms with Gasteiger partial charge in [0.2, 0.25) is 5.95 Å². The molecule has 0 unspecified atom stereocenters. The molecule has 0 spiro atoms. The molecule has 5 rings (SSSR count). The van der Waals surface area contributed by atoms with Gasteiger partial charge in [-0.25, -0.2) is 19.9 Å². The second-order valence-electron chi connectivity index (χ2n) is 6.50. The number of aromatic amines is 1. The zero-order valence-corrected chi connectivity index (χ0v) is 15.7. The van der Waals surface area contributed by atoms with Crippen molar-refractivity contribution in [2.45, 2.75) is 0 Å². The van der Waals surface area contributed by atoms with Crippen LogP contribution in [0.1, 0.15) is 10.6 Å². The average Bonchev–Trinajstić information content (AvgIpc) is 3.28. The summed E-state index contributed by atoms with van der Waals surface area (Å²) in [6.45, 7) is 0. The molecule has 5 aromatic rings. The summed E-state index contributed by atoms with van der Waals surface area (Å²) in [7, 11) is 0. The average molecular weight is 394 g/mol. The third-order valence-electron chi connectivity index (χ3n) is 4.50. The Morgan fingerprint density at radius 2 is 1.57 bits per heavy atom. The minimum atomic E-state index is -0.311. The molecule has 30 heavy (non-hydrogen) atoms. The van der Waals surface area contributed by atoms with Crippen molar-refractivity contribution in [3.63, 3.8) is 0 Å². The highest BCUT2D eigenvalue weighted by molar-refractivity contribution is 5.92. The van der Waals surface area contributed by atoms with E-state index < -0.39 is 0 Å². The lowest BCUT2D eigenvalue weighted by molar-refractivity contribution is -0.571. The first kappa shape index (κ1) is 17.6. The Bertz CT molecular complexity index is 1330. The van der Waals surface area contributed by atoms with Crippen molar-refractivity contribution in [3.8, 4) is 11.4 Å². The molecule has 0 aliphatic heterocycles. The Balaban J connectivity index is 1.51. The van der Waals surface area contributed by atoms with Gasteiger partial charge < -0.3 is 5.32 Å². The summed E-state index contributed by atoms with van der Waals surface area (Å²) >= 11 is 0. The van der Waals surface area contributed by atoms with Crippen molar-refractivity contribution in [1.29, 1.82) is 0 Å². The highest BCUT2D eigenvalue weighted by Crippen LogP contribution is 2.26. The molecule has 0 amide bonds. The molecular weight excluding hydrogens is 378 g/mol. The number of pyridine rings is 1. The number of para-hydroxylation sites is 1. The number of H-pyrrole nitrogens is 1. The fourth-order valence-corrected chi connectivity index (χ4v) is 3.06. The van der Waals surface area contributed by atoms with E-state index in [1.54, 1.807) is 24.5 Å². The van der Waals surface area contributed by atoms with E-state index >= 15 is 0 Å². The fraction of sp³-hybridized carbons (Fsp3) is 0. The zero-order chi connectivity index (χ0) is 20.3. The van der Waals surface area contributed by atoms with Gasteiger partial charge in [-0.2, -0.15) is 4.98 Å². The van der Waals surface area contributed by atoms with E-state index in [1.807, 2.05) is 60.7 Å². The summed E-state index contributed by atoms with van der Waals surface area (Å²) in [5.41, 5.74) is 1.69. The fourth-order valence-electron chi connectivity index (χ4n) is 3.06. The molecule has 0 aliphatic carbocycles. The number of nitrogens with zero attached hydrogens (tertiary/aromatic N) is 5. The number of hydrogen-bond donors (Lipinski definition) is 2. The van der Waals surface area contributed by atoms with E-state index in [-0.39, 0.29) is 17.7 Å². The Hall–Kier alpha value is -4.46. The SMILES string of the molecule is O=C(c1nc(Nc2nc(-c3ccccc3)nc3ccccc23)n[nH]1)[n+]1ccccc1. The topological polar surface area (TPSA) is 100 Å². The van der Waals surface area contributed by atoms with Crippen molar-refractivity contribution < 1.29 is 9.36 Å². The van der Waals surface area contributed by atoms with Crippen LogP contribution in [-0.4, -0.2) is 31.1 Å². The van der Waals surface area contributed by atoms with Crippen molar-refractivity contribution in [3.05, 3.63) is 91.0 Å². The maximum atomic E-state index is 12.5. The van der Waals surface area contributed by atoms with Gasteiger partial charge in [0.1, 0.15) is 5.82 Å². The highest BCUT2D eigenvalue weighted by Gasteiger charge is 2.22. The van der Waals surface area contributed by atoms with Gasteiger partial charge in [0.25, 0.3) is 5.82 Å². The summed E-state index contributed by atoms with van der Waals surface area (Å²) in [6, 6.07) is 22.8. The Kier molecular flexibility index (Phi) is 4.41.